The molecule has 1 aliphatic rings. The minimum Gasteiger partial charge on any atom is -0.478 e. The maximum Gasteiger partial charge on any atom is 0.335 e. The lowest BCUT2D eigenvalue weighted by Crippen LogP contribution is -2.19. The average Bonchev–Trinajstić information content (AvgIpc) is 2.91. The summed E-state index contributed by atoms with van der Waals surface area (Å²) < 4.78 is 0. The van der Waals surface area contributed by atoms with Crippen LogP contribution in [0.2, 0.25) is 0 Å². The molecule has 1 aromatic carbocycles. The molecule has 98 valence electrons. The van der Waals surface area contributed by atoms with E-state index in [2.05, 4.69) is 9.88 Å². The molecule has 4 nitrogen and oxygen atoms in total. The molecule has 0 saturated carbocycles. The van der Waals surface area contributed by atoms with Crippen molar-refractivity contribution in [3.63, 3.8) is 0 Å². The smallest absolute Gasteiger partial charge is 0.335 e. The van der Waals surface area contributed by atoms with Crippen LogP contribution in [0.25, 0.3) is 10.9 Å². The molecular weight excluding hydrogens is 240 g/mol. The van der Waals surface area contributed by atoms with Gasteiger partial charge in [-0.3, -0.25) is 9.88 Å². The van der Waals surface area contributed by atoms with Gasteiger partial charge in [-0.2, -0.15) is 0 Å². The van der Waals surface area contributed by atoms with Crippen LogP contribution >= 0.6 is 0 Å². The summed E-state index contributed by atoms with van der Waals surface area (Å²) in [6.45, 7) is 3.19. The topological polar surface area (TPSA) is 53.4 Å². The number of carboxylic acids is 1. The first-order valence-corrected chi connectivity index (χ1v) is 6.58. The van der Waals surface area contributed by atoms with E-state index in [9.17, 15) is 4.79 Å². The number of fused-ring (bicyclic) bond motifs is 1. The Hall–Kier alpha value is -1.94. The first-order chi connectivity index (χ1) is 9.22. The molecule has 0 aliphatic carbocycles. The van der Waals surface area contributed by atoms with Gasteiger partial charge in [0.05, 0.1) is 16.8 Å². The molecule has 0 spiro atoms. The van der Waals surface area contributed by atoms with Crippen molar-refractivity contribution in [1.29, 1.82) is 0 Å². The predicted molar refractivity (Wildman–Crippen MR) is 73.2 cm³/mol. The van der Waals surface area contributed by atoms with Crippen LogP contribution in [-0.2, 0) is 6.54 Å². The van der Waals surface area contributed by atoms with E-state index in [0.29, 0.717) is 5.56 Å². The highest BCUT2D eigenvalue weighted by Gasteiger charge is 2.12. The van der Waals surface area contributed by atoms with Gasteiger partial charge in [0.2, 0.25) is 0 Å². The highest BCUT2D eigenvalue weighted by molar-refractivity contribution is 5.93. The van der Waals surface area contributed by atoms with E-state index in [1.54, 1.807) is 18.2 Å². The molecule has 1 saturated heterocycles. The maximum absolute atomic E-state index is 10.9. The van der Waals surface area contributed by atoms with Crippen molar-refractivity contribution in [3.05, 3.63) is 41.6 Å². The largest absolute Gasteiger partial charge is 0.478 e. The highest BCUT2D eigenvalue weighted by atomic mass is 16.4. The third-order valence-corrected chi connectivity index (χ3v) is 3.58. The molecule has 3 rings (SSSR count). The lowest BCUT2D eigenvalue weighted by Gasteiger charge is -2.14. The Morgan fingerprint density at radius 3 is 2.74 bits per heavy atom. The van der Waals surface area contributed by atoms with E-state index in [1.807, 2.05) is 12.1 Å². The maximum atomic E-state index is 10.9. The van der Waals surface area contributed by atoms with Crippen LogP contribution in [0.3, 0.4) is 0 Å². The van der Waals surface area contributed by atoms with Crippen molar-refractivity contribution in [3.8, 4) is 0 Å². The molecule has 4 heteroatoms. The summed E-state index contributed by atoms with van der Waals surface area (Å²) in [6, 6.07) is 9.01. The number of rotatable bonds is 3. The predicted octanol–water partition coefficient (Wildman–Crippen LogP) is 2.53. The molecule has 1 aromatic heterocycles. The molecule has 0 amide bonds. The van der Waals surface area contributed by atoms with E-state index in [4.69, 9.17) is 5.11 Å². The minimum absolute atomic E-state index is 0.307. The van der Waals surface area contributed by atoms with Crippen molar-refractivity contribution in [2.75, 3.05) is 13.1 Å². The van der Waals surface area contributed by atoms with Crippen LogP contribution in [0.15, 0.2) is 30.3 Å². The fourth-order valence-corrected chi connectivity index (χ4v) is 2.56. The monoisotopic (exact) mass is 256 g/mol. The van der Waals surface area contributed by atoms with Crippen molar-refractivity contribution < 1.29 is 9.90 Å². The molecule has 0 radical (unpaired) electrons. The number of pyridine rings is 1. The first-order valence-electron chi connectivity index (χ1n) is 6.58. The van der Waals surface area contributed by atoms with Crippen LogP contribution in [0.1, 0.15) is 28.9 Å². The number of nitrogens with zero attached hydrogens (tertiary/aromatic N) is 2. The van der Waals surface area contributed by atoms with E-state index in [1.165, 1.54) is 12.8 Å². The zero-order chi connectivity index (χ0) is 13.2. The van der Waals surface area contributed by atoms with Gasteiger partial charge in [-0.1, -0.05) is 6.07 Å². The molecule has 19 heavy (non-hydrogen) atoms. The number of aromatic nitrogens is 1. The summed E-state index contributed by atoms with van der Waals surface area (Å²) in [5.74, 6) is -0.900. The molecule has 2 aromatic rings. The van der Waals surface area contributed by atoms with Crippen molar-refractivity contribution >= 4 is 16.9 Å². The number of carbonyl (C=O) groups is 1. The Morgan fingerprint density at radius 2 is 2.00 bits per heavy atom. The highest BCUT2D eigenvalue weighted by Crippen LogP contribution is 2.17. The molecular formula is C15H16N2O2. The Morgan fingerprint density at radius 1 is 1.21 bits per heavy atom. The molecule has 1 fully saturated rings. The van der Waals surface area contributed by atoms with Gasteiger partial charge in [-0.15, -0.1) is 0 Å². The molecule has 0 unspecified atom stereocenters. The van der Waals surface area contributed by atoms with Crippen LogP contribution in [-0.4, -0.2) is 34.0 Å². The van der Waals surface area contributed by atoms with Crippen molar-refractivity contribution in [2.24, 2.45) is 0 Å². The number of aromatic carboxylic acids is 1. The Kier molecular flexibility index (Phi) is 3.17. The zero-order valence-electron chi connectivity index (χ0n) is 10.7. The van der Waals surface area contributed by atoms with Gasteiger partial charge >= 0.3 is 5.97 Å². The summed E-state index contributed by atoms with van der Waals surface area (Å²) in [6.07, 6.45) is 2.55. The molecule has 0 bridgehead atoms. The summed E-state index contributed by atoms with van der Waals surface area (Å²) in [7, 11) is 0. The van der Waals surface area contributed by atoms with Crippen LogP contribution in [0, 0.1) is 0 Å². The van der Waals surface area contributed by atoms with Crippen molar-refractivity contribution in [2.45, 2.75) is 19.4 Å². The van der Waals surface area contributed by atoms with Crippen LogP contribution in [0.5, 0.6) is 0 Å². The fraction of sp³-hybridized carbons (Fsp3) is 0.333. The number of carboxylic acid groups (broad SMARTS) is 1. The molecule has 1 N–H and O–H groups in total. The third kappa shape index (κ3) is 2.58. The quantitative estimate of drug-likeness (QED) is 0.916. The Labute approximate surface area is 111 Å². The second-order valence-electron chi connectivity index (χ2n) is 5.00. The number of likely N-dealkylation sites (tertiary alicyclic amines) is 1. The van der Waals surface area contributed by atoms with E-state index >= 15 is 0 Å². The van der Waals surface area contributed by atoms with E-state index in [-0.39, 0.29) is 0 Å². The van der Waals surface area contributed by atoms with Gasteiger partial charge in [0.1, 0.15) is 0 Å². The van der Waals surface area contributed by atoms with Gasteiger partial charge < -0.3 is 5.11 Å². The molecule has 2 heterocycles. The standard InChI is InChI=1S/C15H16N2O2/c18-15(19)12-4-6-14-11(9-12)3-5-13(16-14)10-17-7-1-2-8-17/h3-6,9H,1-2,7-8,10H2,(H,18,19). The van der Waals surface area contributed by atoms with Gasteiger partial charge in [-0.25, -0.2) is 4.79 Å². The summed E-state index contributed by atoms with van der Waals surface area (Å²) in [5, 5.41) is 9.84. The van der Waals surface area contributed by atoms with Crippen LogP contribution in [0.4, 0.5) is 0 Å². The van der Waals surface area contributed by atoms with E-state index < -0.39 is 5.97 Å². The van der Waals surface area contributed by atoms with Gasteiger partial charge in [0.15, 0.2) is 0 Å². The second kappa shape index (κ2) is 4.97. The summed E-state index contributed by atoms with van der Waals surface area (Å²) in [5.41, 5.74) is 2.22. The Bertz CT molecular complexity index is 619. The first kappa shape index (κ1) is 12.1. The number of hydrogen-bond acceptors (Lipinski definition) is 3. The molecule has 1 aliphatic heterocycles. The Balaban J connectivity index is 1.88. The third-order valence-electron chi connectivity index (χ3n) is 3.58. The normalized spacial score (nSPS) is 16.0. The number of hydrogen-bond donors (Lipinski definition) is 1. The van der Waals surface area contributed by atoms with Crippen LogP contribution < -0.4 is 0 Å². The van der Waals surface area contributed by atoms with Gasteiger partial charge in [0, 0.05) is 11.9 Å². The van der Waals surface area contributed by atoms with Gasteiger partial charge in [-0.05, 0) is 50.2 Å². The zero-order valence-corrected chi connectivity index (χ0v) is 10.7. The number of benzene rings is 1. The fourth-order valence-electron chi connectivity index (χ4n) is 2.56. The SMILES string of the molecule is O=C(O)c1ccc2nc(CN3CCCC3)ccc2c1. The summed E-state index contributed by atoms with van der Waals surface area (Å²) >= 11 is 0. The molecule has 0 atom stereocenters. The lowest BCUT2D eigenvalue weighted by molar-refractivity contribution is 0.0697. The van der Waals surface area contributed by atoms with Gasteiger partial charge in [0.25, 0.3) is 0 Å². The average molecular weight is 256 g/mol. The van der Waals surface area contributed by atoms with E-state index in [0.717, 1.165) is 36.2 Å². The minimum atomic E-state index is -0.900. The second-order valence-corrected chi connectivity index (χ2v) is 5.00. The lowest BCUT2D eigenvalue weighted by atomic mass is 10.1. The summed E-state index contributed by atoms with van der Waals surface area (Å²) in [4.78, 5) is 17.9. The van der Waals surface area contributed by atoms with Crippen molar-refractivity contribution in [1.82, 2.24) is 9.88 Å².